The van der Waals surface area contributed by atoms with E-state index in [0.717, 1.165) is 0 Å². The second kappa shape index (κ2) is 5.34. The molecular weight excluding hydrogens is 246 g/mol. The number of hydrogen-bond donors (Lipinski definition) is 1. The van der Waals surface area contributed by atoms with E-state index in [-0.39, 0.29) is 6.04 Å². The van der Waals surface area contributed by atoms with Crippen molar-refractivity contribution in [2.24, 2.45) is 0 Å². The Hall–Kier alpha value is -2.34. The van der Waals surface area contributed by atoms with Crippen LogP contribution < -0.4 is 5.32 Å². The van der Waals surface area contributed by atoms with Gasteiger partial charge in [-0.05, 0) is 55.0 Å². The van der Waals surface area contributed by atoms with E-state index in [1.54, 1.807) is 18.3 Å². The van der Waals surface area contributed by atoms with Gasteiger partial charge in [0.1, 0.15) is 11.9 Å². The van der Waals surface area contributed by atoms with Crippen LogP contribution in [0.3, 0.4) is 0 Å². The summed E-state index contributed by atoms with van der Waals surface area (Å²) in [6.45, 7) is 2.10. The molecule has 1 aromatic heterocycles. The predicted octanol–water partition coefficient (Wildman–Crippen LogP) is 3.62. The summed E-state index contributed by atoms with van der Waals surface area (Å²) in [6, 6.07) is 12.6. The molecule has 0 saturated carbocycles. The molecule has 3 rings (SSSR count). The van der Waals surface area contributed by atoms with E-state index in [1.165, 1.54) is 36.0 Å². The number of fused-ring (bicyclic) bond motifs is 1. The quantitative estimate of drug-likeness (QED) is 0.920. The van der Waals surface area contributed by atoms with Crippen LogP contribution in [-0.4, -0.2) is 4.98 Å². The first-order valence-electron chi connectivity index (χ1n) is 7.01. The second-order valence-electron chi connectivity index (χ2n) is 5.26. The minimum absolute atomic E-state index is 0.142. The summed E-state index contributed by atoms with van der Waals surface area (Å²) in [7, 11) is 0. The lowest BCUT2D eigenvalue weighted by atomic mass is 10.0. The molecule has 1 aromatic carbocycles. The van der Waals surface area contributed by atoms with Gasteiger partial charge in [0, 0.05) is 12.2 Å². The molecule has 1 N–H and O–H groups in total. The number of aryl methyl sites for hydroxylation is 2. The van der Waals surface area contributed by atoms with E-state index in [1.807, 2.05) is 0 Å². The van der Waals surface area contributed by atoms with Gasteiger partial charge < -0.3 is 5.32 Å². The maximum atomic E-state index is 9.10. The van der Waals surface area contributed by atoms with Crippen LogP contribution >= 0.6 is 0 Å². The molecule has 0 amide bonds. The van der Waals surface area contributed by atoms with Crippen molar-refractivity contribution in [2.45, 2.75) is 32.2 Å². The van der Waals surface area contributed by atoms with Crippen LogP contribution in [0.15, 0.2) is 36.5 Å². The zero-order valence-corrected chi connectivity index (χ0v) is 11.6. The van der Waals surface area contributed by atoms with Gasteiger partial charge in [-0.2, -0.15) is 5.26 Å². The number of anilines is 1. The van der Waals surface area contributed by atoms with Crippen molar-refractivity contribution >= 4 is 5.82 Å². The molecule has 1 aliphatic rings. The monoisotopic (exact) mass is 263 g/mol. The standard InChI is InChI=1S/C17H17N3/c1-12(20-17-16(11-18)6-3-9-19-17)14-8-7-13-4-2-5-15(13)10-14/h3,6-10,12H,2,4-5H2,1H3,(H,19,20)/t12-/m1/s1. The molecule has 3 heteroatoms. The van der Waals surface area contributed by atoms with Crippen LogP contribution in [0, 0.1) is 11.3 Å². The molecule has 2 aromatic rings. The Morgan fingerprint density at radius 3 is 2.95 bits per heavy atom. The zero-order valence-electron chi connectivity index (χ0n) is 11.6. The van der Waals surface area contributed by atoms with Crippen molar-refractivity contribution in [1.82, 2.24) is 4.98 Å². The third kappa shape index (κ3) is 2.37. The number of nitrogens with zero attached hydrogens (tertiary/aromatic N) is 2. The third-order valence-electron chi connectivity index (χ3n) is 3.90. The van der Waals surface area contributed by atoms with E-state index in [0.29, 0.717) is 11.4 Å². The van der Waals surface area contributed by atoms with Gasteiger partial charge >= 0.3 is 0 Å². The fourth-order valence-corrected chi connectivity index (χ4v) is 2.76. The Labute approximate surface area is 119 Å². The normalized spacial score (nSPS) is 14.4. The zero-order chi connectivity index (χ0) is 13.9. The highest BCUT2D eigenvalue weighted by atomic mass is 15.0. The Bertz CT molecular complexity index is 670. The van der Waals surface area contributed by atoms with E-state index in [2.05, 4.69) is 41.5 Å². The van der Waals surface area contributed by atoms with Crippen molar-refractivity contribution in [1.29, 1.82) is 5.26 Å². The summed E-state index contributed by atoms with van der Waals surface area (Å²) in [5, 5.41) is 12.4. The average molecular weight is 263 g/mol. The van der Waals surface area contributed by atoms with Gasteiger partial charge in [-0.15, -0.1) is 0 Å². The number of pyridine rings is 1. The van der Waals surface area contributed by atoms with Crippen molar-refractivity contribution < 1.29 is 0 Å². The highest BCUT2D eigenvalue weighted by Crippen LogP contribution is 2.27. The summed E-state index contributed by atoms with van der Waals surface area (Å²) in [5.41, 5.74) is 4.79. The molecule has 0 spiro atoms. The Morgan fingerprint density at radius 1 is 1.25 bits per heavy atom. The molecule has 100 valence electrons. The number of nitrogens with one attached hydrogen (secondary N) is 1. The molecule has 0 saturated heterocycles. The molecule has 0 bridgehead atoms. The second-order valence-corrected chi connectivity index (χ2v) is 5.26. The summed E-state index contributed by atoms with van der Waals surface area (Å²) in [6.07, 6.45) is 5.36. The summed E-state index contributed by atoms with van der Waals surface area (Å²) < 4.78 is 0. The van der Waals surface area contributed by atoms with Crippen LogP contribution in [-0.2, 0) is 12.8 Å². The maximum Gasteiger partial charge on any atom is 0.144 e. The first-order chi connectivity index (χ1) is 9.78. The van der Waals surface area contributed by atoms with Gasteiger partial charge in [-0.3, -0.25) is 0 Å². The van der Waals surface area contributed by atoms with Gasteiger partial charge in [-0.1, -0.05) is 18.2 Å². The first kappa shape index (κ1) is 12.7. The summed E-state index contributed by atoms with van der Waals surface area (Å²) in [4.78, 5) is 4.25. The van der Waals surface area contributed by atoms with Gasteiger partial charge in [0.2, 0.25) is 0 Å². The number of aromatic nitrogens is 1. The van der Waals surface area contributed by atoms with Crippen LogP contribution in [0.25, 0.3) is 0 Å². The largest absolute Gasteiger partial charge is 0.362 e. The molecule has 1 heterocycles. The molecule has 0 unspecified atom stereocenters. The molecule has 0 fully saturated rings. The van der Waals surface area contributed by atoms with Gasteiger partial charge in [0.15, 0.2) is 0 Å². The minimum atomic E-state index is 0.142. The highest BCUT2D eigenvalue weighted by Gasteiger charge is 2.14. The van der Waals surface area contributed by atoms with Gasteiger partial charge in [-0.25, -0.2) is 4.98 Å². The smallest absolute Gasteiger partial charge is 0.144 e. The van der Waals surface area contributed by atoms with Crippen LogP contribution in [0.1, 0.15) is 41.6 Å². The summed E-state index contributed by atoms with van der Waals surface area (Å²) >= 11 is 0. The Kier molecular flexibility index (Phi) is 3.39. The van der Waals surface area contributed by atoms with E-state index < -0.39 is 0 Å². The lowest BCUT2D eigenvalue weighted by Crippen LogP contribution is -2.09. The number of benzene rings is 1. The van der Waals surface area contributed by atoms with Crippen molar-refractivity contribution in [2.75, 3.05) is 5.32 Å². The van der Waals surface area contributed by atoms with Crippen LogP contribution in [0.5, 0.6) is 0 Å². The van der Waals surface area contributed by atoms with Crippen LogP contribution in [0.2, 0.25) is 0 Å². The molecule has 1 aliphatic carbocycles. The fraction of sp³-hybridized carbons (Fsp3) is 0.294. The molecule has 3 nitrogen and oxygen atoms in total. The first-order valence-corrected chi connectivity index (χ1v) is 7.01. The van der Waals surface area contributed by atoms with E-state index >= 15 is 0 Å². The number of hydrogen-bond acceptors (Lipinski definition) is 3. The Morgan fingerprint density at radius 2 is 2.10 bits per heavy atom. The van der Waals surface area contributed by atoms with Crippen molar-refractivity contribution in [3.8, 4) is 6.07 Å². The molecule has 0 aliphatic heterocycles. The van der Waals surface area contributed by atoms with Crippen molar-refractivity contribution in [3.63, 3.8) is 0 Å². The molecule has 0 radical (unpaired) electrons. The van der Waals surface area contributed by atoms with Crippen LogP contribution in [0.4, 0.5) is 5.82 Å². The molecular formula is C17H17N3. The van der Waals surface area contributed by atoms with E-state index in [9.17, 15) is 0 Å². The average Bonchev–Trinajstić information content (AvgIpc) is 2.95. The summed E-state index contributed by atoms with van der Waals surface area (Å²) in [5.74, 6) is 0.656. The molecule has 1 atom stereocenters. The Balaban J connectivity index is 1.83. The van der Waals surface area contributed by atoms with Crippen molar-refractivity contribution in [3.05, 3.63) is 58.8 Å². The van der Waals surface area contributed by atoms with E-state index in [4.69, 9.17) is 5.26 Å². The minimum Gasteiger partial charge on any atom is -0.362 e. The lowest BCUT2D eigenvalue weighted by molar-refractivity contribution is 0.869. The van der Waals surface area contributed by atoms with Gasteiger partial charge in [0.05, 0.1) is 5.56 Å². The number of rotatable bonds is 3. The highest BCUT2D eigenvalue weighted by molar-refractivity contribution is 5.52. The van der Waals surface area contributed by atoms with Gasteiger partial charge in [0.25, 0.3) is 0 Å². The number of nitriles is 1. The molecule has 20 heavy (non-hydrogen) atoms. The lowest BCUT2D eigenvalue weighted by Gasteiger charge is -2.16. The predicted molar refractivity (Wildman–Crippen MR) is 79.5 cm³/mol. The third-order valence-corrected chi connectivity index (χ3v) is 3.90. The topological polar surface area (TPSA) is 48.7 Å². The SMILES string of the molecule is C[C@@H](Nc1ncccc1C#N)c1ccc2c(c1)CCC2. The fourth-order valence-electron chi connectivity index (χ4n) is 2.76. The maximum absolute atomic E-state index is 9.10.